The number of imide groups is 1. The van der Waals surface area contributed by atoms with E-state index in [4.69, 9.17) is 4.74 Å². The van der Waals surface area contributed by atoms with Gasteiger partial charge in [0.05, 0.1) is 12.1 Å². The third-order valence-electron chi connectivity index (χ3n) is 6.04. The molecule has 2 amide bonds. The molecule has 2 fully saturated rings. The zero-order valence-corrected chi connectivity index (χ0v) is 16.7. The predicted molar refractivity (Wildman–Crippen MR) is 110 cm³/mol. The number of methoxy groups -OCH3 is 1. The van der Waals surface area contributed by atoms with E-state index in [-0.39, 0.29) is 17.9 Å². The van der Waals surface area contributed by atoms with Crippen LogP contribution in [0.2, 0.25) is 0 Å². The normalized spacial score (nSPS) is 20.8. The first kappa shape index (κ1) is 19.8. The van der Waals surface area contributed by atoms with Crippen LogP contribution in [0.1, 0.15) is 48.8 Å². The second kappa shape index (κ2) is 8.47. The van der Waals surface area contributed by atoms with Gasteiger partial charge in [-0.3, -0.25) is 24.3 Å². The van der Waals surface area contributed by atoms with Crippen molar-refractivity contribution in [3.63, 3.8) is 0 Å². The Morgan fingerprint density at radius 1 is 1.10 bits per heavy atom. The average molecular weight is 397 g/mol. The summed E-state index contributed by atoms with van der Waals surface area (Å²) in [7, 11) is 1.61. The minimum atomic E-state index is -0.671. The summed E-state index contributed by atoms with van der Waals surface area (Å²) in [5, 5.41) is 6.72. The molecular formula is C22H27N3O4. The molecule has 2 aromatic rings. The van der Waals surface area contributed by atoms with Crippen LogP contribution in [-0.4, -0.2) is 43.2 Å². The van der Waals surface area contributed by atoms with Crippen LogP contribution < -0.4 is 16.2 Å². The molecule has 1 atom stereocenters. The Morgan fingerprint density at radius 2 is 1.90 bits per heavy atom. The lowest BCUT2D eigenvalue weighted by Gasteiger charge is -2.26. The second-order valence-electron chi connectivity index (χ2n) is 7.90. The van der Waals surface area contributed by atoms with Gasteiger partial charge in [0.15, 0.2) is 0 Å². The maximum atomic E-state index is 13.2. The topological polar surface area (TPSA) is 89.4 Å². The molecular weight excluding hydrogens is 370 g/mol. The fourth-order valence-corrected chi connectivity index (χ4v) is 4.46. The number of ether oxygens (including phenoxy) is 1. The first-order valence-electron chi connectivity index (χ1n) is 10.3. The van der Waals surface area contributed by atoms with Crippen LogP contribution in [0.15, 0.2) is 29.1 Å². The molecule has 4 rings (SSSR count). The van der Waals surface area contributed by atoms with Crippen LogP contribution >= 0.6 is 0 Å². The van der Waals surface area contributed by atoms with Gasteiger partial charge in [-0.25, -0.2) is 0 Å². The number of nitrogens with one attached hydrogen (secondary N) is 2. The minimum absolute atomic E-state index is 0.182. The summed E-state index contributed by atoms with van der Waals surface area (Å²) in [6.07, 6.45) is 3.24. The van der Waals surface area contributed by atoms with Gasteiger partial charge < -0.3 is 10.1 Å². The van der Waals surface area contributed by atoms with Crippen molar-refractivity contribution in [1.82, 2.24) is 15.2 Å². The third-order valence-corrected chi connectivity index (χ3v) is 6.04. The Kier molecular flexibility index (Phi) is 5.78. The van der Waals surface area contributed by atoms with Gasteiger partial charge in [0.2, 0.25) is 11.8 Å². The number of pyridine rings is 1. The predicted octanol–water partition coefficient (Wildman–Crippen LogP) is 1.64. The lowest BCUT2D eigenvalue weighted by atomic mass is 9.89. The Bertz CT molecular complexity index is 991. The molecule has 0 aliphatic carbocycles. The van der Waals surface area contributed by atoms with Crippen LogP contribution in [0.4, 0.5) is 0 Å². The molecule has 0 saturated carbocycles. The fourth-order valence-electron chi connectivity index (χ4n) is 4.46. The Morgan fingerprint density at radius 3 is 2.62 bits per heavy atom. The fraction of sp³-hybridized carbons (Fsp3) is 0.500. The number of hydrogen-bond donors (Lipinski definition) is 2. The molecule has 0 radical (unpaired) electrons. The number of carbonyl (C=O) groups excluding carboxylic acids is 2. The summed E-state index contributed by atoms with van der Waals surface area (Å²) in [6.45, 7) is 2.46. The first-order chi connectivity index (χ1) is 14.1. The molecule has 7 nitrogen and oxygen atoms in total. The number of hydrogen-bond acceptors (Lipinski definition) is 5. The van der Waals surface area contributed by atoms with Crippen LogP contribution in [0.25, 0.3) is 10.9 Å². The highest BCUT2D eigenvalue weighted by Gasteiger charge is 2.30. The van der Waals surface area contributed by atoms with Crippen molar-refractivity contribution < 1.29 is 14.3 Å². The molecule has 2 aliphatic rings. The number of piperidine rings is 2. The molecule has 29 heavy (non-hydrogen) atoms. The molecule has 154 valence electrons. The second-order valence-corrected chi connectivity index (χ2v) is 7.90. The lowest BCUT2D eigenvalue weighted by molar-refractivity contribution is -0.135. The number of benzene rings is 1. The van der Waals surface area contributed by atoms with E-state index in [1.165, 1.54) is 5.56 Å². The Balaban J connectivity index is 1.83. The van der Waals surface area contributed by atoms with E-state index in [1.807, 2.05) is 12.1 Å². The number of nitrogens with zero attached hydrogens (tertiary/aromatic N) is 1. The SMILES string of the molecule is COCCc1cc2cc(C3CCNCC3)ccc2n(C2CCC(=O)NC2=O)c1=O. The highest BCUT2D eigenvalue weighted by atomic mass is 16.5. The summed E-state index contributed by atoms with van der Waals surface area (Å²) < 4.78 is 6.75. The number of carbonyl (C=O) groups is 2. The van der Waals surface area contributed by atoms with Crippen molar-refractivity contribution in [2.24, 2.45) is 0 Å². The standard InChI is InChI=1S/C22H27N3O4/c1-29-11-8-16-13-17-12-15(14-6-9-23-10-7-14)2-3-18(17)25(22(16)28)19-4-5-20(26)24-21(19)27/h2-3,12-14,19,23H,4-11H2,1H3,(H,24,26,27). The summed E-state index contributed by atoms with van der Waals surface area (Å²) in [6, 6.07) is 7.45. The summed E-state index contributed by atoms with van der Waals surface area (Å²) in [5.74, 6) is -0.192. The minimum Gasteiger partial charge on any atom is -0.384 e. The molecule has 0 bridgehead atoms. The van der Waals surface area contributed by atoms with Crippen molar-refractivity contribution >= 4 is 22.7 Å². The van der Waals surface area contributed by atoms with Crippen LogP contribution in [0, 0.1) is 0 Å². The zero-order valence-electron chi connectivity index (χ0n) is 16.7. The van der Waals surface area contributed by atoms with E-state index in [2.05, 4.69) is 22.8 Å². The molecule has 2 N–H and O–H groups in total. The zero-order chi connectivity index (χ0) is 20.4. The van der Waals surface area contributed by atoms with Gasteiger partial charge >= 0.3 is 0 Å². The van der Waals surface area contributed by atoms with Crippen LogP contribution in [0.3, 0.4) is 0 Å². The van der Waals surface area contributed by atoms with Crippen LogP contribution in [0.5, 0.6) is 0 Å². The van der Waals surface area contributed by atoms with Gasteiger partial charge in [-0.05, 0) is 67.4 Å². The quantitative estimate of drug-likeness (QED) is 0.749. The maximum Gasteiger partial charge on any atom is 0.255 e. The molecule has 1 aromatic heterocycles. The number of rotatable bonds is 5. The molecule has 1 unspecified atom stereocenters. The molecule has 2 saturated heterocycles. The summed E-state index contributed by atoms with van der Waals surface area (Å²) in [4.78, 5) is 37.3. The van der Waals surface area contributed by atoms with E-state index < -0.39 is 11.9 Å². The lowest BCUT2D eigenvalue weighted by Crippen LogP contribution is -2.45. The molecule has 0 spiro atoms. The van der Waals surface area contributed by atoms with Crippen molar-refractivity contribution in [3.8, 4) is 0 Å². The van der Waals surface area contributed by atoms with Crippen molar-refractivity contribution in [3.05, 3.63) is 45.7 Å². The highest BCUT2D eigenvalue weighted by molar-refractivity contribution is 6.00. The van der Waals surface area contributed by atoms with E-state index in [0.29, 0.717) is 30.9 Å². The van der Waals surface area contributed by atoms with Crippen molar-refractivity contribution in [1.29, 1.82) is 0 Å². The highest BCUT2D eigenvalue weighted by Crippen LogP contribution is 2.30. The molecule has 2 aliphatic heterocycles. The van der Waals surface area contributed by atoms with Gasteiger partial charge in [0.25, 0.3) is 5.56 Å². The van der Waals surface area contributed by atoms with Crippen molar-refractivity contribution in [2.45, 2.75) is 44.1 Å². The number of amides is 2. The Labute approximate surface area is 169 Å². The largest absolute Gasteiger partial charge is 0.384 e. The number of aromatic nitrogens is 1. The third kappa shape index (κ3) is 3.97. The first-order valence-corrected chi connectivity index (χ1v) is 10.3. The maximum absolute atomic E-state index is 13.2. The van der Waals surface area contributed by atoms with Gasteiger partial charge in [0, 0.05) is 25.5 Å². The van der Waals surface area contributed by atoms with Gasteiger partial charge in [-0.15, -0.1) is 0 Å². The monoisotopic (exact) mass is 397 g/mol. The van der Waals surface area contributed by atoms with Gasteiger partial charge in [-0.2, -0.15) is 0 Å². The molecule has 7 heteroatoms. The van der Waals surface area contributed by atoms with E-state index in [0.717, 1.165) is 36.8 Å². The smallest absolute Gasteiger partial charge is 0.255 e. The van der Waals surface area contributed by atoms with Gasteiger partial charge in [-0.1, -0.05) is 6.07 Å². The molecule has 1 aromatic carbocycles. The van der Waals surface area contributed by atoms with Crippen LogP contribution in [-0.2, 0) is 20.7 Å². The van der Waals surface area contributed by atoms with Crippen molar-refractivity contribution in [2.75, 3.05) is 26.8 Å². The molecule has 3 heterocycles. The average Bonchev–Trinajstić information content (AvgIpc) is 2.73. The summed E-state index contributed by atoms with van der Waals surface area (Å²) >= 11 is 0. The van der Waals surface area contributed by atoms with E-state index >= 15 is 0 Å². The van der Waals surface area contributed by atoms with E-state index in [9.17, 15) is 14.4 Å². The van der Waals surface area contributed by atoms with Gasteiger partial charge in [0.1, 0.15) is 6.04 Å². The van der Waals surface area contributed by atoms with E-state index in [1.54, 1.807) is 11.7 Å². The Hall–Kier alpha value is -2.51. The summed E-state index contributed by atoms with van der Waals surface area (Å²) in [5.41, 5.74) is 2.46. The number of fused-ring (bicyclic) bond motifs is 1.